The zero-order valence-corrected chi connectivity index (χ0v) is 22.0. The SMILES string of the molecule is CN1CCC(Oc2ccc(-c3cc4c(Nc5ccccc5P(C)(C)=O)c(C5CC5)cnc4[nH]3)cc2)C1. The average molecular weight is 501 g/mol. The number of likely N-dealkylation sites (N-methyl/N-ethyl adjacent to an activating group) is 1. The predicted octanol–water partition coefficient (Wildman–Crippen LogP) is 6.18. The number of hydrogen-bond acceptors (Lipinski definition) is 5. The molecule has 1 atom stereocenters. The Balaban J connectivity index is 1.34. The Labute approximate surface area is 212 Å². The maximum absolute atomic E-state index is 13.0. The number of ether oxygens (including phenoxy) is 1. The lowest BCUT2D eigenvalue weighted by molar-refractivity contribution is 0.208. The van der Waals surface area contributed by atoms with Crippen LogP contribution in [0.1, 0.15) is 30.7 Å². The maximum Gasteiger partial charge on any atom is 0.139 e. The number of benzene rings is 2. The second-order valence-corrected chi connectivity index (χ2v) is 13.8. The summed E-state index contributed by atoms with van der Waals surface area (Å²) >= 11 is 0. The highest BCUT2D eigenvalue weighted by Crippen LogP contribution is 2.47. The minimum atomic E-state index is -2.44. The minimum absolute atomic E-state index is 0.261. The molecular formula is C29H33N4O2P. The molecule has 0 amide bonds. The number of aromatic nitrogens is 2. The highest BCUT2D eigenvalue weighted by Gasteiger charge is 2.29. The molecule has 1 unspecified atom stereocenters. The molecule has 2 fully saturated rings. The van der Waals surface area contributed by atoms with Crippen molar-refractivity contribution in [3.8, 4) is 17.0 Å². The van der Waals surface area contributed by atoms with Gasteiger partial charge in [0.15, 0.2) is 0 Å². The first-order chi connectivity index (χ1) is 17.3. The van der Waals surface area contributed by atoms with Crippen LogP contribution in [-0.2, 0) is 4.57 Å². The summed E-state index contributed by atoms with van der Waals surface area (Å²) in [6, 6.07) is 18.4. The molecule has 2 aromatic heterocycles. The number of nitrogens with zero attached hydrogens (tertiary/aromatic N) is 2. The molecule has 186 valence electrons. The molecule has 0 radical (unpaired) electrons. The van der Waals surface area contributed by atoms with E-state index in [0.717, 1.165) is 64.2 Å². The Morgan fingerprint density at radius 1 is 1.08 bits per heavy atom. The van der Waals surface area contributed by atoms with E-state index in [-0.39, 0.29) is 6.10 Å². The van der Waals surface area contributed by atoms with Crippen LogP contribution in [0.25, 0.3) is 22.3 Å². The van der Waals surface area contributed by atoms with Gasteiger partial charge in [0, 0.05) is 41.4 Å². The molecule has 0 bridgehead atoms. The van der Waals surface area contributed by atoms with Gasteiger partial charge in [-0.3, -0.25) is 0 Å². The lowest BCUT2D eigenvalue weighted by Gasteiger charge is -2.18. The minimum Gasteiger partial charge on any atom is -0.489 e. The fraction of sp³-hybridized carbons (Fsp3) is 0.345. The summed E-state index contributed by atoms with van der Waals surface area (Å²) in [7, 11) is -0.304. The van der Waals surface area contributed by atoms with E-state index in [9.17, 15) is 4.57 Å². The van der Waals surface area contributed by atoms with Gasteiger partial charge in [-0.05, 0) is 99.1 Å². The molecule has 2 aromatic carbocycles. The van der Waals surface area contributed by atoms with E-state index in [1.54, 1.807) is 0 Å². The maximum atomic E-state index is 13.0. The van der Waals surface area contributed by atoms with Crippen LogP contribution in [0.2, 0.25) is 0 Å². The summed E-state index contributed by atoms with van der Waals surface area (Å²) in [5.74, 6) is 1.43. The molecule has 6 rings (SSSR count). The van der Waals surface area contributed by atoms with Crippen molar-refractivity contribution in [3.63, 3.8) is 0 Å². The van der Waals surface area contributed by atoms with Crippen LogP contribution in [-0.4, -0.2) is 54.4 Å². The number of likely N-dealkylation sites (tertiary alicyclic amines) is 1. The fourth-order valence-electron chi connectivity index (χ4n) is 5.17. The van der Waals surface area contributed by atoms with E-state index in [1.165, 1.54) is 18.4 Å². The number of para-hydroxylation sites is 1. The lowest BCUT2D eigenvalue weighted by atomic mass is 10.1. The predicted molar refractivity (Wildman–Crippen MR) is 149 cm³/mol. The number of hydrogen-bond donors (Lipinski definition) is 2. The molecule has 7 heteroatoms. The van der Waals surface area contributed by atoms with Gasteiger partial charge >= 0.3 is 0 Å². The first-order valence-electron chi connectivity index (χ1n) is 12.7. The molecule has 1 saturated heterocycles. The quantitative estimate of drug-likeness (QED) is 0.297. The number of anilines is 2. The van der Waals surface area contributed by atoms with Gasteiger partial charge in [0.25, 0.3) is 0 Å². The molecule has 6 nitrogen and oxygen atoms in total. The van der Waals surface area contributed by atoms with Crippen molar-refractivity contribution in [2.75, 3.05) is 38.8 Å². The number of fused-ring (bicyclic) bond motifs is 1. The van der Waals surface area contributed by atoms with Crippen molar-refractivity contribution in [2.45, 2.75) is 31.3 Å². The number of nitrogens with one attached hydrogen (secondary N) is 2. The molecule has 1 saturated carbocycles. The van der Waals surface area contributed by atoms with Crippen molar-refractivity contribution in [2.24, 2.45) is 0 Å². The van der Waals surface area contributed by atoms with Crippen molar-refractivity contribution in [3.05, 3.63) is 66.4 Å². The Morgan fingerprint density at radius 2 is 1.86 bits per heavy atom. The summed E-state index contributed by atoms with van der Waals surface area (Å²) in [6.07, 6.45) is 5.69. The van der Waals surface area contributed by atoms with E-state index in [1.807, 2.05) is 43.8 Å². The van der Waals surface area contributed by atoms with Gasteiger partial charge in [-0.15, -0.1) is 0 Å². The van der Waals surface area contributed by atoms with Crippen LogP contribution in [0.3, 0.4) is 0 Å². The van der Waals surface area contributed by atoms with Gasteiger partial charge < -0.3 is 24.5 Å². The van der Waals surface area contributed by atoms with Crippen LogP contribution >= 0.6 is 7.14 Å². The smallest absolute Gasteiger partial charge is 0.139 e. The van der Waals surface area contributed by atoms with Gasteiger partial charge in [-0.1, -0.05) is 12.1 Å². The topological polar surface area (TPSA) is 70.2 Å². The van der Waals surface area contributed by atoms with Crippen molar-refractivity contribution >= 4 is 34.9 Å². The summed E-state index contributed by atoms with van der Waals surface area (Å²) < 4.78 is 19.2. The van der Waals surface area contributed by atoms with E-state index in [0.29, 0.717) is 5.92 Å². The van der Waals surface area contributed by atoms with Crippen LogP contribution in [0.15, 0.2) is 60.8 Å². The summed E-state index contributed by atoms with van der Waals surface area (Å²) in [5, 5.41) is 5.60. The van der Waals surface area contributed by atoms with Crippen LogP contribution in [0.4, 0.5) is 11.4 Å². The average Bonchev–Trinajstić information content (AvgIpc) is 3.47. The number of pyridine rings is 1. The first kappa shape index (κ1) is 23.3. The monoisotopic (exact) mass is 500 g/mol. The third-order valence-corrected chi connectivity index (χ3v) is 8.82. The standard InChI is InChI=1S/C29H33N4O2P/c1-33-15-14-22(18-33)35-21-12-10-20(11-13-21)26-16-23-28(24(19-8-9-19)17-30-29(23)32-26)31-25-6-4-5-7-27(25)36(2,3)34/h4-7,10-13,16-17,19,22H,8-9,14-15,18H2,1-3H3,(H2,30,31,32). The summed E-state index contributed by atoms with van der Waals surface area (Å²) in [4.78, 5) is 10.6. The van der Waals surface area contributed by atoms with Crippen molar-refractivity contribution in [1.29, 1.82) is 0 Å². The van der Waals surface area contributed by atoms with Crippen molar-refractivity contribution < 1.29 is 9.30 Å². The van der Waals surface area contributed by atoms with Gasteiger partial charge in [0.2, 0.25) is 0 Å². The second-order valence-electron chi connectivity index (χ2n) is 10.6. The van der Waals surface area contributed by atoms with Gasteiger partial charge in [-0.25, -0.2) is 4.98 Å². The molecule has 4 aromatic rings. The molecule has 36 heavy (non-hydrogen) atoms. The van der Waals surface area contributed by atoms with E-state index in [4.69, 9.17) is 9.72 Å². The molecule has 0 spiro atoms. The highest BCUT2D eigenvalue weighted by atomic mass is 31.2. The van der Waals surface area contributed by atoms with Crippen LogP contribution in [0.5, 0.6) is 5.75 Å². The molecule has 2 aliphatic rings. The number of H-pyrrole nitrogens is 1. The third kappa shape index (κ3) is 4.68. The van der Waals surface area contributed by atoms with Crippen molar-refractivity contribution in [1.82, 2.24) is 14.9 Å². The highest BCUT2D eigenvalue weighted by molar-refractivity contribution is 7.70. The van der Waals surface area contributed by atoms with E-state index >= 15 is 0 Å². The zero-order chi connectivity index (χ0) is 24.9. The van der Waals surface area contributed by atoms with Gasteiger partial charge in [0.1, 0.15) is 24.6 Å². The Morgan fingerprint density at radius 3 is 2.56 bits per heavy atom. The lowest BCUT2D eigenvalue weighted by Crippen LogP contribution is -2.21. The van der Waals surface area contributed by atoms with Crippen LogP contribution < -0.4 is 15.4 Å². The Bertz CT molecular complexity index is 1450. The largest absolute Gasteiger partial charge is 0.489 e. The molecular weight excluding hydrogens is 467 g/mol. The third-order valence-electron chi connectivity index (χ3n) is 7.26. The van der Waals surface area contributed by atoms with E-state index in [2.05, 4.69) is 52.6 Å². The van der Waals surface area contributed by atoms with Crippen LogP contribution in [0, 0.1) is 0 Å². The normalized spacial score (nSPS) is 18.6. The number of aromatic amines is 1. The fourth-order valence-corrected chi connectivity index (χ4v) is 6.32. The Hall–Kier alpha value is -3.08. The second kappa shape index (κ2) is 9.10. The van der Waals surface area contributed by atoms with Gasteiger partial charge in [0.05, 0.1) is 5.69 Å². The molecule has 2 N–H and O–H groups in total. The van der Waals surface area contributed by atoms with Gasteiger partial charge in [-0.2, -0.15) is 0 Å². The van der Waals surface area contributed by atoms with E-state index < -0.39 is 7.14 Å². The molecule has 1 aliphatic carbocycles. The zero-order valence-electron chi connectivity index (χ0n) is 21.1. The summed E-state index contributed by atoms with van der Waals surface area (Å²) in [6.45, 7) is 5.71. The number of rotatable bonds is 7. The molecule has 3 heterocycles. The first-order valence-corrected chi connectivity index (χ1v) is 15.3. The Kier molecular flexibility index (Phi) is 5.89. The molecule has 1 aliphatic heterocycles. The summed E-state index contributed by atoms with van der Waals surface area (Å²) in [5.41, 5.74) is 6.16.